The van der Waals surface area contributed by atoms with E-state index in [1.165, 1.54) is 37.9 Å². The van der Waals surface area contributed by atoms with Crippen LogP contribution in [-0.4, -0.2) is 54.3 Å². The summed E-state index contributed by atoms with van der Waals surface area (Å²) in [5.74, 6) is 0.916. The molecule has 0 aliphatic carbocycles. The van der Waals surface area contributed by atoms with Crippen molar-refractivity contribution >= 4 is 6.09 Å². The quantitative estimate of drug-likeness (QED) is 0.723. The number of carbonyl (C=O) groups is 1. The van der Waals surface area contributed by atoms with Crippen LogP contribution in [0.15, 0.2) is 18.2 Å². The summed E-state index contributed by atoms with van der Waals surface area (Å²) in [6.07, 6.45) is 5.67. The molecule has 0 aromatic heterocycles. The van der Waals surface area contributed by atoms with Gasteiger partial charge < -0.3 is 19.3 Å². The minimum Gasteiger partial charge on any atom is -0.493 e. The predicted molar refractivity (Wildman–Crippen MR) is 107 cm³/mol. The number of piperidine rings is 1. The lowest BCUT2D eigenvalue weighted by molar-refractivity contribution is 0.0222. The van der Waals surface area contributed by atoms with Crippen molar-refractivity contribution in [3.8, 4) is 5.75 Å². The van der Waals surface area contributed by atoms with E-state index in [-0.39, 0.29) is 6.09 Å². The Hall–Kier alpha value is -1.75. The topological polar surface area (TPSA) is 42.0 Å². The summed E-state index contributed by atoms with van der Waals surface area (Å²) in [7, 11) is 0. The van der Waals surface area contributed by atoms with Gasteiger partial charge in [0.2, 0.25) is 0 Å². The first kappa shape index (κ1) is 20.0. The zero-order chi connectivity index (χ0) is 19.3. The summed E-state index contributed by atoms with van der Waals surface area (Å²) in [5, 5.41) is 0. The summed E-state index contributed by atoms with van der Waals surface area (Å²) < 4.78 is 11.7. The van der Waals surface area contributed by atoms with Crippen molar-refractivity contribution in [1.82, 2.24) is 9.80 Å². The molecule has 0 radical (unpaired) electrons. The maximum absolute atomic E-state index is 12.4. The number of benzene rings is 1. The van der Waals surface area contributed by atoms with Gasteiger partial charge in [0.25, 0.3) is 0 Å². The second-order valence-electron chi connectivity index (χ2n) is 8.65. The molecule has 1 aromatic carbocycles. The van der Waals surface area contributed by atoms with Gasteiger partial charge in [-0.3, -0.25) is 0 Å². The van der Waals surface area contributed by atoms with Gasteiger partial charge in [-0.2, -0.15) is 0 Å². The second-order valence-corrected chi connectivity index (χ2v) is 8.65. The molecule has 1 aromatic rings. The average molecular weight is 375 g/mol. The van der Waals surface area contributed by atoms with Gasteiger partial charge in [-0.05, 0) is 71.2 Å². The molecule has 1 amide bonds. The normalized spacial score (nSPS) is 18.1. The van der Waals surface area contributed by atoms with Gasteiger partial charge in [0.1, 0.15) is 11.4 Å². The van der Waals surface area contributed by atoms with Crippen LogP contribution in [0.3, 0.4) is 0 Å². The molecule has 0 atom stereocenters. The van der Waals surface area contributed by atoms with Crippen molar-refractivity contribution in [3.63, 3.8) is 0 Å². The van der Waals surface area contributed by atoms with E-state index in [9.17, 15) is 4.79 Å². The van der Waals surface area contributed by atoms with Crippen molar-refractivity contribution in [2.45, 2.75) is 65.0 Å². The largest absolute Gasteiger partial charge is 0.493 e. The van der Waals surface area contributed by atoms with Crippen LogP contribution >= 0.6 is 0 Å². The minimum atomic E-state index is -0.470. The summed E-state index contributed by atoms with van der Waals surface area (Å²) in [6, 6.07) is 6.22. The first-order valence-corrected chi connectivity index (χ1v) is 10.4. The monoisotopic (exact) mass is 374 g/mol. The van der Waals surface area contributed by atoms with Gasteiger partial charge >= 0.3 is 6.09 Å². The van der Waals surface area contributed by atoms with Gasteiger partial charge in [0, 0.05) is 18.7 Å². The third kappa shape index (κ3) is 5.86. The van der Waals surface area contributed by atoms with E-state index in [0.29, 0.717) is 13.1 Å². The second kappa shape index (κ2) is 8.96. The van der Waals surface area contributed by atoms with Crippen LogP contribution in [0.1, 0.15) is 57.6 Å². The van der Waals surface area contributed by atoms with Crippen molar-refractivity contribution in [3.05, 3.63) is 29.3 Å². The number of rotatable bonds is 5. The first-order chi connectivity index (χ1) is 12.9. The van der Waals surface area contributed by atoms with Crippen molar-refractivity contribution in [2.24, 2.45) is 0 Å². The predicted octanol–water partition coefficient (Wildman–Crippen LogP) is 4.23. The Balaban J connectivity index is 1.54. The number of fused-ring (bicyclic) bond motifs is 1. The molecule has 5 nitrogen and oxygen atoms in total. The summed E-state index contributed by atoms with van der Waals surface area (Å²) in [4.78, 5) is 16.8. The average Bonchev–Trinajstić information content (AvgIpc) is 2.64. The molecule has 0 spiro atoms. The molecule has 2 aliphatic rings. The summed E-state index contributed by atoms with van der Waals surface area (Å²) in [6.45, 7) is 11.3. The molecule has 0 bridgehead atoms. The molecule has 5 heteroatoms. The lowest BCUT2D eigenvalue weighted by Gasteiger charge is -2.32. The highest BCUT2D eigenvalue weighted by atomic mass is 16.6. The Morgan fingerprint density at radius 2 is 1.89 bits per heavy atom. The van der Waals surface area contributed by atoms with Crippen LogP contribution in [0.2, 0.25) is 0 Å². The number of ether oxygens (including phenoxy) is 2. The molecule has 2 heterocycles. The summed E-state index contributed by atoms with van der Waals surface area (Å²) in [5.41, 5.74) is 1.94. The zero-order valence-corrected chi connectivity index (χ0v) is 17.1. The van der Waals surface area contributed by atoms with Crippen LogP contribution < -0.4 is 4.74 Å². The van der Waals surface area contributed by atoms with E-state index in [1.807, 2.05) is 26.8 Å². The van der Waals surface area contributed by atoms with Crippen LogP contribution in [0.25, 0.3) is 0 Å². The van der Waals surface area contributed by atoms with Gasteiger partial charge in [-0.15, -0.1) is 0 Å². The highest BCUT2D eigenvalue weighted by Crippen LogP contribution is 2.29. The Labute approximate surface area is 163 Å². The highest BCUT2D eigenvalue weighted by molar-refractivity contribution is 5.69. The molecule has 0 unspecified atom stereocenters. The standard InChI is InChI=1S/C22H34N2O3/c1-22(2,3)27-21(25)24-15-11-18-9-7-10-20(19(18)17-24)26-16-8-14-23-12-5-4-6-13-23/h7,9-10H,4-6,8,11-17H2,1-3H3. The maximum Gasteiger partial charge on any atom is 0.410 e. The maximum atomic E-state index is 12.4. The number of amides is 1. The zero-order valence-electron chi connectivity index (χ0n) is 17.1. The lowest BCUT2D eigenvalue weighted by Crippen LogP contribution is -2.40. The highest BCUT2D eigenvalue weighted by Gasteiger charge is 2.27. The van der Waals surface area contributed by atoms with Gasteiger partial charge in [-0.25, -0.2) is 4.79 Å². The molecule has 0 N–H and O–H groups in total. The van der Waals surface area contributed by atoms with Crippen LogP contribution in [-0.2, 0) is 17.7 Å². The third-order valence-electron chi connectivity index (χ3n) is 5.21. The number of hydrogen-bond acceptors (Lipinski definition) is 4. The van der Waals surface area contributed by atoms with Crippen molar-refractivity contribution < 1.29 is 14.3 Å². The number of likely N-dealkylation sites (tertiary alicyclic amines) is 1. The van der Waals surface area contributed by atoms with Crippen LogP contribution in [0.4, 0.5) is 4.79 Å². The lowest BCUT2D eigenvalue weighted by atomic mass is 9.99. The SMILES string of the molecule is CC(C)(C)OC(=O)N1CCc2cccc(OCCCN3CCCCC3)c2C1. The van der Waals surface area contributed by atoms with E-state index in [4.69, 9.17) is 9.47 Å². The smallest absolute Gasteiger partial charge is 0.410 e. The Morgan fingerprint density at radius 3 is 2.63 bits per heavy atom. The van der Waals surface area contributed by atoms with Crippen molar-refractivity contribution in [1.29, 1.82) is 0 Å². The van der Waals surface area contributed by atoms with Gasteiger partial charge in [0.15, 0.2) is 0 Å². The van der Waals surface area contributed by atoms with E-state index in [0.717, 1.165) is 37.3 Å². The Morgan fingerprint density at radius 1 is 1.11 bits per heavy atom. The van der Waals surface area contributed by atoms with E-state index >= 15 is 0 Å². The molecule has 1 saturated heterocycles. The van der Waals surface area contributed by atoms with Crippen LogP contribution in [0, 0.1) is 0 Å². The van der Waals surface area contributed by atoms with Crippen LogP contribution in [0.5, 0.6) is 5.75 Å². The first-order valence-electron chi connectivity index (χ1n) is 10.4. The van der Waals surface area contributed by atoms with Crippen molar-refractivity contribution in [2.75, 3.05) is 32.8 Å². The summed E-state index contributed by atoms with van der Waals surface area (Å²) >= 11 is 0. The minimum absolute atomic E-state index is 0.243. The van der Waals surface area contributed by atoms with E-state index in [1.54, 1.807) is 4.90 Å². The molecular formula is C22H34N2O3. The number of hydrogen-bond donors (Lipinski definition) is 0. The molecule has 3 rings (SSSR count). The molecule has 150 valence electrons. The van der Waals surface area contributed by atoms with E-state index in [2.05, 4.69) is 17.0 Å². The fourth-order valence-electron chi connectivity index (χ4n) is 3.82. The molecule has 27 heavy (non-hydrogen) atoms. The fourth-order valence-corrected chi connectivity index (χ4v) is 3.82. The number of nitrogens with zero attached hydrogens (tertiary/aromatic N) is 2. The fraction of sp³-hybridized carbons (Fsp3) is 0.682. The third-order valence-corrected chi connectivity index (χ3v) is 5.21. The molecule has 1 fully saturated rings. The Bertz CT molecular complexity index is 633. The van der Waals surface area contributed by atoms with Gasteiger partial charge in [0.05, 0.1) is 13.2 Å². The van der Waals surface area contributed by atoms with Gasteiger partial charge in [-0.1, -0.05) is 18.6 Å². The number of carbonyl (C=O) groups excluding carboxylic acids is 1. The molecular weight excluding hydrogens is 340 g/mol. The Kier molecular flexibility index (Phi) is 6.64. The van der Waals surface area contributed by atoms with E-state index < -0.39 is 5.60 Å². The molecule has 2 aliphatic heterocycles. The molecule has 0 saturated carbocycles.